The average Bonchev–Trinajstić information content (AvgIpc) is 3.22. The van der Waals surface area contributed by atoms with Gasteiger partial charge in [-0.05, 0) is 43.2 Å². The Bertz CT molecular complexity index is 853. The molecule has 1 atom stereocenters. The van der Waals surface area contributed by atoms with E-state index in [1.165, 1.54) is 0 Å². The van der Waals surface area contributed by atoms with Crippen molar-refractivity contribution < 1.29 is 4.79 Å². The Morgan fingerprint density at radius 2 is 2.09 bits per heavy atom. The van der Waals surface area contributed by atoms with Crippen LogP contribution in [-0.2, 0) is 7.05 Å². The number of carbonyl (C=O) groups excluding carboxylic acids is 1. The Morgan fingerprint density at radius 3 is 2.91 bits per heavy atom. The molecule has 116 valence electrons. The van der Waals surface area contributed by atoms with E-state index >= 15 is 0 Å². The molecule has 1 aliphatic heterocycles. The fourth-order valence-corrected chi connectivity index (χ4v) is 3.53. The molecule has 4 nitrogen and oxygen atoms in total. The van der Waals surface area contributed by atoms with Gasteiger partial charge >= 0.3 is 0 Å². The summed E-state index contributed by atoms with van der Waals surface area (Å²) in [6.07, 6.45) is 5.81. The zero-order chi connectivity index (χ0) is 15.8. The fourth-order valence-electron chi connectivity index (χ4n) is 3.53. The maximum absolute atomic E-state index is 13.1. The highest BCUT2D eigenvalue weighted by atomic mass is 16.2. The van der Waals surface area contributed by atoms with Crippen LogP contribution in [0.4, 0.5) is 0 Å². The standard InChI is InChI=1S/C19H19N3O/c1-21-13-10-14-15(6-4-8-17(14)21)19(23)22-12-5-9-18(22)16-7-2-3-11-20-16/h2-4,6-8,10-11,13,18H,5,9,12H2,1H3. The number of fused-ring (bicyclic) bond motifs is 1. The van der Waals surface area contributed by atoms with Crippen molar-refractivity contribution in [3.8, 4) is 0 Å². The van der Waals surface area contributed by atoms with E-state index in [1.807, 2.05) is 65.2 Å². The Balaban J connectivity index is 1.73. The summed E-state index contributed by atoms with van der Waals surface area (Å²) in [5, 5.41) is 1.02. The number of benzene rings is 1. The highest BCUT2D eigenvalue weighted by Crippen LogP contribution is 2.33. The third-order valence-corrected chi connectivity index (χ3v) is 4.70. The largest absolute Gasteiger partial charge is 0.351 e. The molecule has 3 aromatic rings. The van der Waals surface area contributed by atoms with E-state index in [9.17, 15) is 4.79 Å². The Kier molecular flexibility index (Phi) is 3.37. The van der Waals surface area contributed by atoms with Crippen molar-refractivity contribution in [2.45, 2.75) is 18.9 Å². The number of hydrogen-bond donors (Lipinski definition) is 0. The monoisotopic (exact) mass is 305 g/mol. The molecule has 1 amide bonds. The predicted octanol–water partition coefficient (Wildman–Crippen LogP) is 3.55. The van der Waals surface area contributed by atoms with Gasteiger partial charge in [0.15, 0.2) is 0 Å². The van der Waals surface area contributed by atoms with Crippen molar-refractivity contribution in [2.75, 3.05) is 6.54 Å². The van der Waals surface area contributed by atoms with E-state index < -0.39 is 0 Å². The van der Waals surface area contributed by atoms with Crippen molar-refractivity contribution in [2.24, 2.45) is 7.05 Å². The normalized spacial score (nSPS) is 17.8. The SMILES string of the molecule is Cn1ccc2c(C(=O)N3CCCC3c3ccccn3)cccc21. The number of aromatic nitrogens is 2. The van der Waals surface area contributed by atoms with E-state index in [2.05, 4.69) is 4.98 Å². The summed E-state index contributed by atoms with van der Waals surface area (Å²) in [7, 11) is 2.00. The quantitative estimate of drug-likeness (QED) is 0.726. The summed E-state index contributed by atoms with van der Waals surface area (Å²) in [6, 6.07) is 14.0. The molecular weight excluding hydrogens is 286 g/mol. The second-order valence-corrected chi connectivity index (χ2v) is 6.08. The van der Waals surface area contributed by atoms with Crippen molar-refractivity contribution in [1.29, 1.82) is 0 Å². The van der Waals surface area contributed by atoms with Crippen LogP contribution in [0.25, 0.3) is 10.9 Å². The fraction of sp³-hybridized carbons (Fsp3) is 0.263. The number of hydrogen-bond acceptors (Lipinski definition) is 2. The lowest BCUT2D eigenvalue weighted by Gasteiger charge is -2.24. The number of aryl methyl sites for hydroxylation is 1. The highest BCUT2D eigenvalue weighted by molar-refractivity contribution is 6.06. The van der Waals surface area contributed by atoms with Gasteiger partial charge in [0.05, 0.1) is 11.7 Å². The summed E-state index contributed by atoms with van der Waals surface area (Å²) >= 11 is 0. The minimum Gasteiger partial charge on any atom is -0.351 e. The molecule has 0 N–H and O–H groups in total. The number of nitrogens with zero attached hydrogens (tertiary/aromatic N) is 3. The highest BCUT2D eigenvalue weighted by Gasteiger charge is 2.32. The summed E-state index contributed by atoms with van der Waals surface area (Å²) < 4.78 is 2.05. The van der Waals surface area contributed by atoms with E-state index in [1.54, 1.807) is 6.20 Å². The van der Waals surface area contributed by atoms with Crippen molar-refractivity contribution in [1.82, 2.24) is 14.5 Å². The maximum atomic E-state index is 13.1. The molecule has 1 aromatic carbocycles. The molecule has 0 saturated carbocycles. The van der Waals surface area contributed by atoms with E-state index in [0.29, 0.717) is 0 Å². The molecule has 0 bridgehead atoms. The topological polar surface area (TPSA) is 38.1 Å². The second kappa shape index (κ2) is 5.54. The summed E-state index contributed by atoms with van der Waals surface area (Å²) in [4.78, 5) is 19.6. The van der Waals surface area contributed by atoms with Crippen LogP contribution in [0.2, 0.25) is 0 Å². The van der Waals surface area contributed by atoms with Crippen LogP contribution < -0.4 is 0 Å². The number of amides is 1. The molecule has 1 unspecified atom stereocenters. The van der Waals surface area contributed by atoms with Gasteiger partial charge in [0.2, 0.25) is 0 Å². The van der Waals surface area contributed by atoms with Crippen LogP contribution in [0, 0.1) is 0 Å². The zero-order valence-electron chi connectivity index (χ0n) is 13.1. The van der Waals surface area contributed by atoms with Gasteiger partial charge in [-0.1, -0.05) is 12.1 Å². The van der Waals surface area contributed by atoms with Gasteiger partial charge in [0, 0.05) is 42.5 Å². The first kappa shape index (κ1) is 14.0. The number of carbonyl (C=O) groups is 1. The first-order valence-corrected chi connectivity index (χ1v) is 8.01. The Hall–Kier alpha value is -2.62. The van der Waals surface area contributed by atoms with Gasteiger partial charge < -0.3 is 9.47 Å². The number of likely N-dealkylation sites (tertiary alicyclic amines) is 1. The Labute approximate surface area is 135 Å². The summed E-state index contributed by atoms with van der Waals surface area (Å²) in [5.74, 6) is 0.106. The first-order chi connectivity index (χ1) is 11.3. The number of rotatable bonds is 2. The van der Waals surface area contributed by atoms with Crippen molar-refractivity contribution in [3.63, 3.8) is 0 Å². The molecule has 1 aliphatic rings. The lowest BCUT2D eigenvalue weighted by atomic mass is 10.1. The van der Waals surface area contributed by atoms with Crippen LogP contribution in [0.3, 0.4) is 0 Å². The molecular formula is C19H19N3O. The smallest absolute Gasteiger partial charge is 0.255 e. The zero-order valence-corrected chi connectivity index (χ0v) is 13.1. The molecule has 4 heteroatoms. The van der Waals surface area contributed by atoms with Crippen LogP contribution in [-0.4, -0.2) is 26.9 Å². The van der Waals surface area contributed by atoms with E-state index in [4.69, 9.17) is 0 Å². The van der Waals surface area contributed by atoms with Crippen LogP contribution in [0.1, 0.15) is 34.9 Å². The second-order valence-electron chi connectivity index (χ2n) is 6.08. The molecule has 0 spiro atoms. The van der Waals surface area contributed by atoms with Crippen molar-refractivity contribution in [3.05, 3.63) is 66.1 Å². The third kappa shape index (κ3) is 2.31. The molecule has 3 heterocycles. The van der Waals surface area contributed by atoms with Gasteiger partial charge in [-0.3, -0.25) is 9.78 Å². The molecule has 1 saturated heterocycles. The van der Waals surface area contributed by atoms with Crippen LogP contribution in [0.5, 0.6) is 0 Å². The molecule has 0 radical (unpaired) electrons. The lowest BCUT2D eigenvalue weighted by Crippen LogP contribution is -2.31. The first-order valence-electron chi connectivity index (χ1n) is 8.01. The van der Waals surface area contributed by atoms with Gasteiger partial charge in [0.25, 0.3) is 5.91 Å². The summed E-state index contributed by atoms with van der Waals surface area (Å²) in [5.41, 5.74) is 2.86. The molecule has 4 rings (SSSR count). The van der Waals surface area contributed by atoms with Gasteiger partial charge in [0.1, 0.15) is 0 Å². The Morgan fingerprint density at radius 1 is 1.17 bits per heavy atom. The van der Waals surface area contributed by atoms with Crippen LogP contribution in [0.15, 0.2) is 54.9 Å². The lowest BCUT2D eigenvalue weighted by molar-refractivity contribution is 0.0735. The molecule has 0 aliphatic carbocycles. The minimum atomic E-state index is 0.0858. The average molecular weight is 305 g/mol. The summed E-state index contributed by atoms with van der Waals surface area (Å²) in [6.45, 7) is 0.795. The third-order valence-electron chi connectivity index (χ3n) is 4.70. The molecule has 23 heavy (non-hydrogen) atoms. The van der Waals surface area contributed by atoms with E-state index in [0.717, 1.165) is 41.5 Å². The molecule has 2 aromatic heterocycles. The van der Waals surface area contributed by atoms with Gasteiger partial charge in [-0.15, -0.1) is 0 Å². The predicted molar refractivity (Wildman–Crippen MR) is 90.2 cm³/mol. The number of pyridine rings is 1. The van der Waals surface area contributed by atoms with Crippen molar-refractivity contribution >= 4 is 16.8 Å². The molecule has 1 fully saturated rings. The van der Waals surface area contributed by atoms with Crippen LogP contribution >= 0.6 is 0 Å². The minimum absolute atomic E-state index is 0.0858. The maximum Gasteiger partial charge on any atom is 0.255 e. The van der Waals surface area contributed by atoms with E-state index in [-0.39, 0.29) is 11.9 Å². The van der Waals surface area contributed by atoms with Gasteiger partial charge in [-0.2, -0.15) is 0 Å². The van der Waals surface area contributed by atoms with Gasteiger partial charge in [-0.25, -0.2) is 0 Å².